The number of carbonyl (C=O) groups is 1. The lowest BCUT2D eigenvalue weighted by molar-refractivity contribution is -0.0261. The van der Waals surface area contributed by atoms with Crippen LogP contribution in [0.15, 0.2) is 54.9 Å². The second-order valence-electron chi connectivity index (χ2n) is 8.04. The van der Waals surface area contributed by atoms with E-state index in [4.69, 9.17) is 4.74 Å². The lowest BCUT2D eigenvalue weighted by atomic mass is 10.0. The average Bonchev–Trinajstić information content (AvgIpc) is 3.45. The zero-order valence-corrected chi connectivity index (χ0v) is 18.5. The Morgan fingerprint density at radius 2 is 2.16 bits per heavy atom. The fraction of sp³-hybridized carbons (Fsp3) is 0.292. The largest absolute Gasteiger partial charge is 0.389 e. The van der Waals surface area contributed by atoms with Crippen molar-refractivity contribution in [2.24, 2.45) is 0 Å². The van der Waals surface area contributed by atoms with Crippen LogP contribution in [0.5, 0.6) is 0 Å². The first kappa shape index (κ1) is 20.8. The predicted octanol–water partition coefficient (Wildman–Crippen LogP) is 3.26. The maximum Gasteiger partial charge on any atom is 0.270 e. The third kappa shape index (κ3) is 4.29. The Hall–Kier alpha value is -3.07. The van der Waals surface area contributed by atoms with E-state index < -0.39 is 6.10 Å². The molecule has 4 aromatic rings. The molecule has 0 radical (unpaired) electrons. The number of amides is 1. The molecule has 1 aliphatic heterocycles. The van der Waals surface area contributed by atoms with Gasteiger partial charge in [-0.3, -0.25) is 4.79 Å². The molecule has 1 saturated heterocycles. The number of rotatable bonds is 5. The summed E-state index contributed by atoms with van der Waals surface area (Å²) in [4.78, 5) is 18.7. The quantitative estimate of drug-likeness (QED) is 0.489. The SMILES string of the molecule is Cc1cc2nc(C(=O)N[C@H]3CCOC[C@@H]3O)cc(Cc3ccc(-n4cccn4)cc3)c2s1. The van der Waals surface area contributed by atoms with E-state index >= 15 is 0 Å². The van der Waals surface area contributed by atoms with Gasteiger partial charge in [-0.1, -0.05) is 12.1 Å². The molecular weight excluding hydrogens is 424 g/mol. The maximum absolute atomic E-state index is 13.0. The number of aryl methyl sites for hydroxylation is 1. The summed E-state index contributed by atoms with van der Waals surface area (Å²) in [6, 6.07) is 13.7. The maximum atomic E-state index is 13.0. The molecule has 0 saturated carbocycles. The molecule has 3 aromatic heterocycles. The number of aliphatic hydroxyl groups is 1. The molecule has 0 aliphatic carbocycles. The van der Waals surface area contributed by atoms with Crippen LogP contribution in [0.2, 0.25) is 0 Å². The lowest BCUT2D eigenvalue weighted by Crippen LogP contribution is -2.48. The van der Waals surface area contributed by atoms with Gasteiger partial charge in [0, 0.05) is 23.9 Å². The summed E-state index contributed by atoms with van der Waals surface area (Å²) in [5, 5.41) is 17.3. The second kappa shape index (κ2) is 8.82. The molecule has 0 bridgehead atoms. The van der Waals surface area contributed by atoms with Crippen LogP contribution in [-0.2, 0) is 11.2 Å². The van der Waals surface area contributed by atoms with Crippen LogP contribution in [0.25, 0.3) is 15.9 Å². The molecule has 7 nitrogen and oxygen atoms in total. The Morgan fingerprint density at radius 1 is 1.31 bits per heavy atom. The zero-order chi connectivity index (χ0) is 22.1. The second-order valence-corrected chi connectivity index (χ2v) is 9.30. The number of hydrogen-bond acceptors (Lipinski definition) is 6. The Bertz CT molecular complexity index is 1230. The van der Waals surface area contributed by atoms with Crippen LogP contribution < -0.4 is 5.32 Å². The summed E-state index contributed by atoms with van der Waals surface area (Å²) < 4.78 is 8.18. The van der Waals surface area contributed by atoms with Crippen molar-refractivity contribution in [1.82, 2.24) is 20.1 Å². The number of nitrogens with zero attached hydrogens (tertiary/aromatic N) is 3. The van der Waals surface area contributed by atoms with Crippen molar-refractivity contribution in [3.8, 4) is 5.69 Å². The fourth-order valence-corrected chi connectivity index (χ4v) is 4.96. The highest BCUT2D eigenvalue weighted by Gasteiger charge is 2.26. The number of pyridine rings is 1. The van der Waals surface area contributed by atoms with Gasteiger partial charge in [-0.2, -0.15) is 5.10 Å². The monoisotopic (exact) mass is 448 g/mol. The van der Waals surface area contributed by atoms with Gasteiger partial charge in [0.25, 0.3) is 5.91 Å². The van der Waals surface area contributed by atoms with E-state index in [1.807, 2.05) is 48.1 Å². The number of carbonyl (C=O) groups excluding carboxylic acids is 1. The van der Waals surface area contributed by atoms with E-state index in [1.54, 1.807) is 17.5 Å². The minimum atomic E-state index is -0.701. The molecule has 4 heterocycles. The third-order valence-corrected chi connectivity index (χ3v) is 6.77. The smallest absolute Gasteiger partial charge is 0.270 e. The summed E-state index contributed by atoms with van der Waals surface area (Å²) in [6.45, 7) is 2.81. The van der Waals surface area contributed by atoms with E-state index in [0.717, 1.165) is 31.9 Å². The fourth-order valence-electron chi connectivity index (χ4n) is 4.00. The molecule has 1 fully saturated rings. The minimum Gasteiger partial charge on any atom is -0.389 e. The van der Waals surface area contributed by atoms with Crippen molar-refractivity contribution in [3.63, 3.8) is 0 Å². The van der Waals surface area contributed by atoms with E-state index in [9.17, 15) is 9.90 Å². The van der Waals surface area contributed by atoms with Crippen molar-refractivity contribution >= 4 is 27.5 Å². The molecule has 8 heteroatoms. The molecule has 0 spiro atoms. The third-order valence-electron chi connectivity index (χ3n) is 5.65. The van der Waals surface area contributed by atoms with Gasteiger partial charge in [-0.25, -0.2) is 9.67 Å². The van der Waals surface area contributed by atoms with Crippen LogP contribution in [0.3, 0.4) is 0 Å². The molecule has 32 heavy (non-hydrogen) atoms. The van der Waals surface area contributed by atoms with Crippen molar-refractivity contribution in [1.29, 1.82) is 0 Å². The van der Waals surface area contributed by atoms with Gasteiger partial charge in [0.05, 0.1) is 34.7 Å². The number of aliphatic hydroxyl groups excluding tert-OH is 1. The van der Waals surface area contributed by atoms with Crippen LogP contribution in [-0.4, -0.2) is 51.1 Å². The summed E-state index contributed by atoms with van der Waals surface area (Å²) >= 11 is 1.69. The van der Waals surface area contributed by atoms with Gasteiger partial charge in [0.2, 0.25) is 0 Å². The molecule has 1 aromatic carbocycles. The highest BCUT2D eigenvalue weighted by Crippen LogP contribution is 2.29. The van der Waals surface area contributed by atoms with Crippen LogP contribution in [0.1, 0.15) is 32.9 Å². The first-order valence-electron chi connectivity index (χ1n) is 10.6. The highest BCUT2D eigenvalue weighted by atomic mass is 32.1. The van der Waals surface area contributed by atoms with Gasteiger partial charge in [0.15, 0.2) is 0 Å². The minimum absolute atomic E-state index is 0.237. The van der Waals surface area contributed by atoms with Crippen LogP contribution >= 0.6 is 11.3 Å². The van der Waals surface area contributed by atoms with E-state index in [-0.39, 0.29) is 18.6 Å². The number of fused-ring (bicyclic) bond motifs is 1. The highest BCUT2D eigenvalue weighted by molar-refractivity contribution is 7.19. The number of benzene rings is 1. The van der Waals surface area contributed by atoms with Gasteiger partial charge in [0.1, 0.15) is 5.69 Å². The Kier molecular flexibility index (Phi) is 5.73. The van der Waals surface area contributed by atoms with Crippen LogP contribution in [0.4, 0.5) is 0 Å². The molecule has 2 N–H and O–H groups in total. The normalized spacial score (nSPS) is 18.7. The topological polar surface area (TPSA) is 89.3 Å². The van der Waals surface area contributed by atoms with Crippen molar-refractivity contribution < 1.29 is 14.6 Å². The van der Waals surface area contributed by atoms with Crippen molar-refractivity contribution in [3.05, 3.63) is 76.6 Å². The van der Waals surface area contributed by atoms with Gasteiger partial charge in [-0.05, 0) is 61.2 Å². The first-order valence-corrected chi connectivity index (χ1v) is 11.4. The van der Waals surface area contributed by atoms with E-state index in [2.05, 4.69) is 27.5 Å². The Balaban J connectivity index is 1.42. The molecule has 1 amide bonds. The van der Waals surface area contributed by atoms with Crippen molar-refractivity contribution in [2.75, 3.05) is 13.2 Å². The number of thiophene rings is 1. The van der Waals surface area contributed by atoms with Crippen LogP contribution in [0, 0.1) is 6.92 Å². The molecule has 2 atom stereocenters. The summed E-state index contributed by atoms with van der Waals surface area (Å²) in [5.74, 6) is -0.267. The summed E-state index contributed by atoms with van der Waals surface area (Å²) in [5.41, 5.74) is 4.41. The molecular formula is C24H24N4O3S. The molecule has 1 aliphatic rings. The van der Waals surface area contributed by atoms with Crippen molar-refractivity contribution in [2.45, 2.75) is 31.9 Å². The zero-order valence-electron chi connectivity index (χ0n) is 17.7. The Morgan fingerprint density at radius 3 is 2.91 bits per heavy atom. The van der Waals surface area contributed by atoms with E-state index in [0.29, 0.717) is 25.1 Å². The lowest BCUT2D eigenvalue weighted by Gasteiger charge is -2.28. The standard InChI is InChI=1S/C24H24N4O3S/c1-15-11-20-23(32-15)17(12-16-3-5-18(6-4-16)28-9-2-8-25-28)13-21(26-20)24(30)27-19-7-10-31-14-22(19)29/h2-6,8-9,11,13,19,22,29H,7,10,12,14H2,1H3,(H,27,30)/t19-,22-/m0/s1. The molecule has 5 rings (SSSR count). The average molecular weight is 449 g/mol. The number of ether oxygens (including phenoxy) is 1. The number of hydrogen-bond donors (Lipinski definition) is 2. The summed E-state index contributed by atoms with van der Waals surface area (Å²) in [7, 11) is 0. The predicted molar refractivity (Wildman–Crippen MR) is 123 cm³/mol. The summed E-state index contributed by atoms with van der Waals surface area (Å²) in [6.07, 6.45) is 4.25. The number of nitrogens with one attached hydrogen (secondary N) is 1. The number of aromatic nitrogens is 3. The Labute approximate surface area is 189 Å². The molecule has 164 valence electrons. The van der Waals surface area contributed by atoms with E-state index in [1.165, 1.54) is 0 Å². The van der Waals surface area contributed by atoms with Gasteiger partial charge < -0.3 is 15.2 Å². The van der Waals surface area contributed by atoms with Gasteiger partial charge in [-0.15, -0.1) is 11.3 Å². The molecule has 0 unspecified atom stereocenters. The van der Waals surface area contributed by atoms with Gasteiger partial charge >= 0.3 is 0 Å². The first-order chi connectivity index (χ1) is 15.6.